The van der Waals surface area contributed by atoms with Gasteiger partial charge in [0, 0.05) is 17.9 Å². The monoisotopic (exact) mass is 235 g/mol. The van der Waals surface area contributed by atoms with Crippen molar-refractivity contribution in [1.82, 2.24) is 5.32 Å². The van der Waals surface area contributed by atoms with Gasteiger partial charge in [-0.3, -0.25) is 4.79 Å². The molecule has 1 atom stereocenters. The maximum Gasteiger partial charge on any atom is 0.242 e. The number of carbonyl (C=O) groups is 1. The van der Waals surface area contributed by atoms with Crippen molar-refractivity contribution in [1.29, 1.82) is 0 Å². The zero-order valence-corrected chi connectivity index (χ0v) is 10.7. The van der Waals surface area contributed by atoms with Crippen LogP contribution in [-0.2, 0) is 4.79 Å². The summed E-state index contributed by atoms with van der Waals surface area (Å²) in [6.07, 6.45) is 0.940. The molecule has 1 aromatic rings. The van der Waals surface area contributed by atoms with Gasteiger partial charge in [-0.15, -0.1) is 0 Å². The molecule has 4 nitrogen and oxygen atoms in total. The number of nitrogens with one attached hydrogen (secondary N) is 2. The van der Waals surface area contributed by atoms with Crippen LogP contribution >= 0.6 is 0 Å². The first-order valence-corrected chi connectivity index (χ1v) is 5.95. The number of aryl methyl sites for hydroxylation is 1. The number of hydrogen-bond acceptors (Lipinski definition) is 3. The topological polar surface area (TPSA) is 67.2 Å². The third-order valence-corrected chi connectivity index (χ3v) is 2.58. The summed E-state index contributed by atoms with van der Waals surface area (Å²) >= 11 is 0. The molecule has 4 N–H and O–H groups in total. The largest absolute Gasteiger partial charge is 0.399 e. The van der Waals surface area contributed by atoms with Crippen LogP contribution in [0.2, 0.25) is 0 Å². The lowest BCUT2D eigenvalue weighted by Crippen LogP contribution is -2.38. The Morgan fingerprint density at radius 1 is 1.47 bits per heavy atom. The van der Waals surface area contributed by atoms with Crippen LogP contribution in [0, 0.1) is 6.92 Å². The van der Waals surface area contributed by atoms with Crippen molar-refractivity contribution in [3.05, 3.63) is 23.8 Å². The highest BCUT2D eigenvalue weighted by atomic mass is 16.2. The molecule has 4 heteroatoms. The van der Waals surface area contributed by atoms with Crippen LogP contribution in [0.15, 0.2) is 18.2 Å². The van der Waals surface area contributed by atoms with Gasteiger partial charge in [0.25, 0.3) is 0 Å². The number of amides is 1. The number of rotatable bonds is 5. The lowest BCUT2D eigenvalue weighted by Gasteiger charge is -2.17. The smallest absolute Gasteiger partial charge is 0.242 e. The fraction of sp³-hybridized carbons (Fsp3) is 0.462. The molecule has 17 heavy (non-hydrogen) atoms. The van der Waals surface area contributed by atoms with E-state index in [9.17, 15) is 4.79 Å². The van der Waals surface area contributed by atoms with E-state index in [4.69, 9.17) is 5.73 Å². The van der Waals surface area contributed by atoms with E-state index in [0.717, 1.165) is 17.7 Å². The van der Waals surface area contributed by atoms with Crippen LogP contribution in [0.5, 0.6) is 0 Å². The number of hydrogen-bond donors (Lipinski definition) is 3. The number of benzene rings is 1. The third-order valence-electron chi connectivity index (χ3n) is 2.58. The minimum Gasteiger partial charge on any atom is -0.399 e. The molecule has 0 bridgehead atoms. The molecule has 1 amide bonds. The maximum atomic E-state index is 11.7. The van der Waals surface area contributed by atoms with E-state index in [-0.39, 0.29) is 11.9 Å². The summed E-state index contributed by atoms with van der Waals surface area (Å²) in [4.78, 5) is 11.7. The molecule has 0 aromatic heterocycles. The summed E-state index contributed by atoms with van der Waals surface area (Å²) in [7, 11) is 0. The number of carbonyl (C=O) groups excluding carboxylic acids is 1. The molecular formula is C13H21N3O. The van der Waals surface area contributed by atoms with Gasteiger partial charge in [-0.1, -0.05) is 13.0 Å². The molecule has 0 saturated carbocycles. The van der Waals surface area contributed by atoms with Crippen molar-refractivity contribution >= 4 is 17.3 Å². The number of anilines is 2. The minimum absolute atomic E-state index is 0.00803. The highest BCUT2D eigenvalue weighted by molar-refractivity contribution is 5.84. The van der Waals surface area contributed by atoms with Crippen LogP contribution in [0.3, 0.4) is 0 Å². The maximum absolute atomic E-state index is 11.7. The average Bonchev–Trinajstić information content (AvgIpc) is 2.30. The normalized spacial score (nSPS) is 11.9. The molecule has 0 spiro atoms. The van der Waals surface area contributed by atoms with Crippen LogP contribution in [-0.4, -0.2) is 18.5 Å². The highest BCUT2D eigenvalue weighted by Gasteiger charge is 2.12. The van der Waals surface area contributed by atoms with Gasteiger partial charge in [0.2, 0.25) is 5.91 Å². The summed E-state index contributed by atoms with van der Waals surface area (Å²) < 4.78 is 0. The predicted molar refractivity (Wildman–Crippen MR) is 72.0 cm³/mol. The Hall–Kier alpha value is -1.71. The van der Waals surface area contributed by atoms with Gasteiger partial charge in [-0.25, -0.2) is 0 Å². The Morgan fingerprint density at radius 2 is 2.18 bits per heavy atom. The first-order valence-electron chi connectivity index (χ1n) is 5.95. The fourth-order valence-corrected chi connectivity index (χ4v) is 1.50. The van der Waals surface area contributed by atoms with Gasteiger partial charge in [0.15, 0.2) is 0 Å². The molecule has 0 aliphatic heterocycles. The zero-order chi connectivity index (χ0) is 12.8. The van der Waals surface area contributed by atoms with Crippen molar-refractivity contribution < 1.29 is 4.79 Å². The lowest BCUT2D eigenvalue weighted by molar-refractivity contribution is -0.121. The molecule has 0 saturated heterocycles. The van der Waals surface area contributed by atoms with Crippen LogP contribution in [0.25, 0.3) is 0 Å². The molecule has 0 heterocycles. The number of nitrogen functional groups attached to an aromatic ring is 1. The standard InChI is InChI=1S/C13H21N3O/c1-4-7-15-13(17)10(3)16-12-8-11(14)6-5-9(12)2/h5-6,8,10,16H,4,7,14H2,1-3H3,(H,15,17). The SMILES string of the molecule is CCCNC(=O)C(C)Nc1cc(N)ccc1C. The Kier molecular flexibility index (Phi) is 4.82. The van der Waals surface area contributed by atoms with E-state index in [2.05, 4.69) is 10.6 Å². The molecule has 0 radical (unpaired) electrons. The van der Waals surface area contributed by atoms with Gasteiger partial charge >= 0.3 is 0 Å². The first kappa shape index (κ1) is 13.4. The average molecular weight is 235 g/mol. The summed E-state index contributed by atoms with van der Waals surface area (Å²) in [6, 6.07) is 5.37. The highest BCUT2D eigenvalue weighted by Crippen LogP contribution is 2.18. The Balaban J connectivity index is 2.64. The van der Waals surface area contributed by atoms with Gasteiger partial charge in [0.1, 0.15) is 6.04 Å². The van der Waals surface area contributed by atoms with Crippen molar-refractivity contribution in [2.45, 2.75) is 33.2 Å². The van der Waals surface area contributed by atoms with E-state index in [1.165, 1.54) is 0 Å². The van der Waals surface area contributed by atoms with Gasteiger partial charge in [-0.05, 0) is 38.0 Å². The minimum atomic E-state index is -0.262. The first-order chi connectivity index (χ1) is 8.04. The van der Waals surface area contributed by atoms with E-state index in [1.807, 2.05) is 39.0 Å². The Morgan fingerprint density at radius 3 is 2.82 bits per heavy atom. The van der Waals surface area contributed by atoms with Gasteiger partial charge in [0.05, 0.1) is 0 Å². The molecule has 0 aliphatic rings. The second-order valence-electron chi connectivity index (χ2n) is 4.23. The number of nitrogens with two attached hydrogens (primary N) is 1. The van der Waals surface area contributed by atoms with Gasteiger partial charge < -0.3 is 16.4 Å². The molecule has 1 aromatic carbocycles. The Labute approximate surface area is 103 Å². The van der Waals surface area contributed by atoms with E-state index >= 15 is 0 Å². The molecule has 0 aliphatic carbocycles. The lowest BCUT2D eigenvalue weighted by atomic mass is 10.1. The van der Waals surface area contributed by atoms with Crippen molar-refractivity contribution in [2.24, 2.45) is 0 Å². The van der Waals surface area contributed by atoms with E-state index in [0.29, 0.717) is 12.2 Å². The summed E-state index contributed by atoms with van der Waals surface area (Å²) in [6.45, 7) is 6.56. The fourth-order valence-electron chi connectivity index (χ4n) is 1.50. The second-order valence-corrected chi connectivity index (χ2v) is 4.23. The van der Waals surface area contributed by atoms with Crippen LogP contribution in [0.1, 0.15) is 25.8 Å². The van der Waals surface area contributed by atoms with Crippen molar-refractivity contribution in [2.75, 3.05) is 17.6 Å². The van der Waals surface area contributed by atoms with Gasteiger partial charge in [-0.2, -0.15) is 0 Å². The quantitative estimate of drug-likeness (QED) is 0.683. The van der Waals surface area contributed by atoms with Crippen molar-refractivity contribution in [3.63, 3.8) is 0 Å². The third kappa shape index (κ3) is 3.98. The zero-order valence-electron chi connectivity index (χ0n) is 10.7. The molecule has 1 unspecified atom stereocenters. The Bertz CT molecular complexity index is 390. The predicted octanol–water partition coefficient (Wildman–Crippen LogP) is 1.90. The summed E-state index contributed by atoms with van der Waals surface area (Å²) in [5.74, 6) is 0.00803. The second kappa shape index (κ2) is 6.13. The van der Waals surface area contributed by atoms with E-state index < -0.39 is 0 Å². The van der Waals surface area contributed by atoms with E-state index in [1.54, 1.807) is 0 Å². The molecular weight excluding hydrogens is 214 g/mol. The molecule has 0 fully saturated rings. The van der Waals surface area contributed by atoms with Crippen molar-refractivity contribution in [3.8, 4) is 0 Å². The molecule has 94 valence electrons. The van der Waals surface area contributed by atoms with Crippen LogP contribution in [0.4, 0.5) is 11.4 Å². The summed E-state index contributed by atoms with van der Waals surface area (Å²) in [5, 5.41) is 6.02. The summed E-state index contributed by atoms with van der Waals surface area (Å²) in [5.41, 5.74) is 8.40. The molecule has 1 rings (SSSR count). The van der Waals surface area contributed by atoms with Crippen LogP contribution < -0.4 is 16.4 Å².